The molecule has 2 rings (SSSR count). The van der Waals surface area contributed by atoms with Crippen LogP contribution in [0.3, 0.4) is 0 Å². The monoisotopic (exact) mass is 211 g/mol. The van der Waals surface area contributed by atoms with Crippen LogP contribution in [0.25, 0.3) is 10.8 Å². The number of hydrogen-bond acceptors (Lipinski definition) is 1. The Bertz CT molecular complexity index is 512. The minimum atomic E-state index is -0.0809. The van der Waals surface area contributed by atoms with E-state index in [-0.39, 0.29) is 5.54 Å². The Labute approximate surface area is 96.8 Å². The largest absolute Gasteiger partial charge is 0.377 e. The maximum Gasteiger partial charge on any atom is 0.0497 e. The van der Waals surface area contributed by atoms with Crippen molar-refractivity contribution in [2.45, 2.75) is 19.4 Å². The molecule has 1 heteroatoms. The van der Waals surface area contributed by atoms with Gasteiger partial charge in [-0.2, -0.15) is 0 Å². The Hall–Kier alpha value is -1.76. The topological polar surface area (TPSA) is 12.0 Å². The Kier molecular flexibility index (Phi) is 2.69. The van der Waals surface area contributed by atoms with Gasteiger partial charge in [-0.1, -0.05) is 36.4 Å². The molecule has 16 heavy (non-hydrogen) atoms. The molecule has 0 aromatic heterocycles. The van der Waals surface area contributed by atoms with Crippen LogP contribution < -0.4 is 5.32 Å². The smallest absolute Gasteiger partial charge is 0.0497 e. The predicted octanol–water partition coefficient (Wildman–Crippen LogP) is 4.22. The fraction of sp³-hybridized carbons (Fsp3) is 0.200. The minimum absolute atomic E-state index is 0.0809. The molecule has 0 aliphatic rings. The molecule has 0 radical (unpaired) electrons. The average Bonchev–Trinajstić information content (AvgIpc) is 2.28. The summed E-state index contributed by atoms with van der Waals surface area (Å²) >= 11 is 0. The molecule has 0 aliphatic heterocycles. The van der Waals surface area contributed by atoms with Gasteiger partial charge < -0.3 is 5.32 Å². The van der Waals surface area contributed by atoms with Crippen LogP contribution in [0.2, 0.25) is 0 Å². The van der Waals surface area contributed by atoms with Crippen molar-refractivity contribution in [2.75, 3.05) is 5.32 Å². The SMILES string of the molecule is C=CC(C)(C)Nc1ccc2ccccc2c1. The lowest BCUT2D eigenvalue weighted by atomic mass is 10.0. The van der Waals surface area contributed by atoms with Crippen molar-refractivity contribution < 1.29 is 0 Å². The van der Waals surface area contributed by atoms with E-state index in [9.17, 15) is 0 Å². The Balaban J connectivity index is 2.36. The van der Waals surface area contributed by atoms with Crippen molar-refractivity contribution in [3.8, 4) is 0 Å². The van der Waals surface area contributed by atoms with Gasteiger partial charge in [0, 0.05) is 11.2 Å². The Morgan fingerprint density at radius 2 is 1.75 bits per heavy atom. The second-order valence-electron chi connectivity index (χ2n) is 4.61. The van der Waals surface area contributed by atoms with E-state index in [0.717, 1.165) is 5.69 Å². The summed E-state index contributed by atoms with van der Waals surface area (Å²) in [6, 6.07) is 14.8. The van der Waals surface area contributed by atoms with Crippen molar-refractivity contribution >= 4 is 16.5 Å². The number of hydrogen-bond donors (Lipinski definition) is 1. The highest BCUT2D eigenvalue weighted by molar-refractivity contribution is 5.85. The highest BCUT2D eigenvalue weighted by Crippen LogP contribution is 2.21. The van der Waals surface area contributed by atoms with Gasteiger partial charge in [0.15, 0.2) is 0 Å². The second kappa shape index (κ2) is 4.01. The van der Waals surface area contributed by atoms with Gasteiger partial charge in [-0.15, -0.1) is 6.58 Å². The standard InChI is InChI=1S/C15H17N/c1-4-15(2,3)16-14-10-9-12-7-5-6-8-13(12)11-14/h4-11,16H,1H2,2-3H3. The molecule has 1 nitrogen and oxygen atoms in total. The van der Waals surface area contributed by atoms with E-state index in [0.29, 0.717) is 0 Å². The van der Waals surface area contributed by atoms with Gasteiger partial charge in [-0.25, -0.2) is 0 Å². The van der Waals surface area contributed by atoms with Crippen LogP contribution in [-0.4, -0.2) is 5.54 Å². The zero-order valence-electron chi connectivity index (χ0n) is 9.83. The zero-order chi connectivity index (χ0) is 11.6. The van der Waals surface area contributed by atoms with Gasteiger partial charge in [0.2, 0.25) is 0 Å². The van der Waals surface area contributed by atoms with Crippen LogP contribution in [0.5, 0.6) is 0 Å². The van der Waals surface area contributed by atoms with E-state index < -0.39 is 0 Å². The fourth-order valence-electron chi connectivity index (χ4n) is 1.69. The van der Waals surface area contributed by atoms with Crippen LogP contribution in [0.1, 0.15) is 13.8 Å². The molecule has 2 aromatic carbocycles. The molecular formula is C15H17N. The van der Waals surface area contributed by atoms with Gasteiger partial charge in [-0.3, -0.25) is 0 Å². The van der Waals surface area contributed by atoms with E-state index in [1.165, 1.54) is 10.8 Å². The van der Waals surface area contributed by atoms with Crippen molar-refractivity contribution in [3.05, 3.63) is 55.1 Å². The number of rotatable bonds is 3. The minimum Gasteiger partial charge on any atom is -0.377 e. The summed E-state index contributed by atoms with van der Waals surface area (Å²) in [5.74, 6) is 0. The van der Waals surface area contributed by atoms with Crippen molar-refractivity contribution in [1.29, 1.82) is 0 Å². The average molecular weight is 211 g/mol. The normalized spacial score (nSPS) is 11.4. The highest BCUT2D eigenvalue weighted by atomic mass is 14.9. The van der Waals surface area contributed by atoms with Crippen LogP contribution in [-0.2, 0) is 0 Å². The van der Waals surface area contributed by atoms with E-state index in [4.69, 9.17) is 0 Å². The molecule has 0 saturated heterocycles. The van der Waals surface area contributed by atoms with Gasteiger partial charge in [0.05, 0.1) is 0 Å². The van der Waals surface area contributed by atoms with E-state index in [1.54, 1.807) is 0 Å². The molecule has 0 atom stereocenters. The third-order valence-electron chi connectivity index (χ3n) is 2.73. The van der Waals surface area contributed by atoms with E-state index >= 15 is 0 Å². The summed E-state index contributed by atoms with van der Waals surface area (Å²) < 4.78 is 0. The molecule has 0 bridgehead atoms. The highest BCUT2D eigenvalue weighted by Gasteiger charge is 2.11. The first-order valence-corrected chi connectivity index (χ1v) is 5.51. The molecule has 2 aromatic rings. The Morgan fingerprint density at radius 3 is 2.44 bits per heavy atom. The number of anilines is 1. The molecular weight excluding hydrogens is 194 g/mol. The van der Waals surface area contributed by atoms with Crippen molar-refractivity contribution in [2.24, 2.45) is 0 Å². The molecule has 0 saturated carbocycles. The fourth-order valence-corrected chi connectivity index (χ4v) is 1.69. The lowest BCUT2D eigenvalue weighted by molar-refractivity contribution is 0.715. The van der Waals surface area contributed by atoms with Crippen molar-refractivity contribution in [3.63, 3.8) is 0 Å². The molecule has 0 amide bonds. The summed E-state index contributed by atoms with van der Waals surface area (Å²) in [4.78, 5) is 0. The van der Waals surface area contributed by atoms with Crippen molar-refractivity contribution in [1.82, 2.24) is 0 Å². The third-order valence-corrected chi connectivity index (χ3v) is 2.73. The zero-order valence-corrected chi connectivity index (χ0v) is 9.83. The molecule has 0 heterocycles. The summed E-state index contributed by atoms with van der Waals surface area (Å²) in [5.41, 5.74) is 1.05. The van der Waals surface area contributed by atoms with Crippen LogP contribution >= 0.6 is 0 Å². The summed E-state index contributed by atoms with van der Waals surface area (Å²) in [7, 11) is 0. The first-order valence-electron chi connectivity index (χ1n) is 5.51. The lowest BCUT2D eigenvalue weighted by Crippen LogP contribution is -2.27. The number of nitrogens with one attached hydrogen (secondary N) is 1. The second-order valence-corrected chi connectivity index (χ2v) is 4.61. The first-order chi connectivity index (χ1) is 7.61. The van der Waals surface area contributed by atoms with Crippen LogP contribution in [0.15, 0.2) is 55.1 Å². The summed E-state index contributed by atoms with van der Waals surface area (Å²) in [6.07, 6.45) is 1.92. The predicted molar refractivity (Wildman–Crippen MR) is 71.8 cm³/mol. The maximum atomic E-state index is 3.83. The van der Waals surface area contributed by atoms with Gasteiger partial charge in [0.25, 0.3) is 0 Å². The van der Waals surface area contributed by atoms with E-state index in [1.807, 2.05) is 6.08 Å². The lowest BCUT2D eigenvalue weighted by Gasteiger charge is -2.23. The van der Waals surface area contributed by atoms with Gasteiger partial charge in [0.1, 0.15) is 0 Å². The molecule has 0 fully saturated rings. The molecule has 0 spiro atoms. The first kappa shape index (κ1) is 10.7. The summed E-state index contributed by atoms with van der Waals surface area (Å²) in [5, 5.41) is 5.97. The molecule has 1 N–H and O–H groups in total. The van der Waals surface area contributed by atoms with Gasteiger partial charge >= 0.3 is 0 Å². The molecule has 0 aliphatic carbocycles. The third kappa shape index (κ3) is 2.25. The number of benzene rings is 2. The van der Waals surface area contributed by atoms with E-state index in [2.05, 4.69) is 68.2 Å². The number of fused-ring (bicyclic) bond motifs is 1. The Morgan fingerprint density at radius 1 is 1.06 bits per heavy atom. The molecule has 0 unspecified atom stereocenters. The molecule has 82 valence electrons. The maximum absolute atomic E-state index is 3.83. The summed E-state index contributed by atoms with van der Waals surface area (Å²) in [6.45, 7) is 8.04. The quantitative estimate of drug-likeness (QED) is 0.750. The van der Waals surface area contributed by atoms with Gasteiger partial charge in [-0.05, 0) is 36.8 Å². The van der Waals surface area contributed by atoms with Crippen LogP contribution in [0, 0.1) is 0 Å². The van der Waals surface area contributed by atoms with Crippen LogP contribution in [0.4, 0.5) is 5.69 Å².